The molecule has 0 aromatic heterocycles. The molecule has 0 saturated carbocycles. The predicted molar refractivity (Wildman–Crippen MR) is 97.7 cm³/mol. The number of hydrogen-bond acceptors (Lipinski definition) is 0. The normalized spacial score (nSPS) is 22.1. The Morgan fingerprint density at radius 3 is 2.40 bits per heavy atom. The third-order valence-corrected chi connectivity index (χ3v) is 7.17. The quantitative estimate of drug-likeness (QED) is 0.583. The van der Waals surface area contributed by atoms with Crippen LogP contribution in [0.25, 0.3) is 0 Å². The van der Waals surface area contributed by atoms with E-state index in [1.165, 1.54) is 27.4 Å². The standard InChI is InChI=1S/C19H30S/c1-7-16(4)19-14-12-10-11-13-17(19)15-18(8-2)20(5,6)9-3/h8,11-15H,7,9-10H2,1-6H3. The molecule has 0 atom stereocenters. The van der Waals surface area contributed by atoms with Gasteiger partial charge >= 0.3 is 0 Å². The average Bonchev–Trinajstić information content (AvgIpc) is 2.68. The van der Waals surface area contributed by atoms with E-state index in [1.807, 2.05) is 0 Å². The van der Waals surface area contributed by atoms with Crippen LogP contribution < -0.4 is 0 Å². The van der Waals surface area contributed by atoms with Crippen molar-refractivity contribution in [2.75, 3.05) is 18.3 Å². The first-order valence-electron chi connectivity index (χ1n) is 7.58. The molecule has 0 bridgehead atoms. The smallest absolute Gasteiger partial charge is 0.0141 e. The summed E-state index contributed by atoms with van der Waals surface area (Å²) in [7, 11) is -0.673. The van der Waals surface area contributed by atoms with Crippen LogP contribution in [0.5, 0.6) is 0 Å². The van der Waals surface area contributed by atoms with Crippen molar-refractivity contribution in [2.24, 2.45) is 0 Å². The van der Waals surface area contributed by atoms with Gasteiger partial charge in [0, 0.05) is 0 Å². The molecule has 0 radical (unpaired) electrons. The lowest BCUT2D eigenvalue weighted by atomic mass is 9.99. The minimum Gasteiger partial charge on any atom is -0.221 e. The molecule has 20 heavy (non-hydrogen) atoms. The maximum Gasteiger partial charge on any atom is -0.0141 e. The van der Waals surface area contributed by atoms with Crippen LogP contribution in [-0.4, -0.2) is 18.3 Å². The zero-order valence-electron chi connectivity index (χ0n) is 14.0. The van der Waals surface area contributed by atoms with Gasteiger partial charge < -0.3 is 0 Å². The fourth-order valence-electron chi connectivity index (χ4n) is 2.23. The summed E-state index contributed by atoms with van der Waals surface area (Å²) < 4.78 is 0. The second-order valence-electron chi connectivity index (χ2n) is 5.71. The topological polar surface area (TPSA) is 0 Å². The Balaban J connectivity index is 3.32. The number of hydrogen-bond donors (Lipinski definition) is 0. The molecule has 0 aromatic rings. The Morgan fingerprint density at radius 1 is 1.20 bits per heavy atom. The van der Waals surface area contributed by atoms with Crippen molar-refractivity contribution in [3.63, 3.8) is 0 Å². The molecule has 0 aromatic carbocycles. The zero-order valence-corrected chi connectivity index (χ0v) is 14.8. The number of rotatable bonds is 4. The molecule has 0 aliphatic heterocycles. The highest BCUT2D eigenvalue weighted by atomic mass is 32.3. The maximum absolute atomic E-state index is 2.42. The van der Waals surface area contributed by atoms with E-state index in [4.69, 9.17) is 0 Å². The monoisotopic (exact) mass is 290 g/mol. The molecule has 0 amide bonds. The number of allylic oxidation sites excluding steroid dienone is 9. The van der Waals surface area contributed by atoms with Gasteiger partial charge in [-0.2, -0.15) is 0 Å². The predicted octanol–water partition coefficient (Wildman–Crippen LogP) is 6.14. The van der Waals surface area contributed by atoms with Crippen molar-refractivity contribution in [1.82, 2.24) is 0 Å². The van der Waals surface area contributed by atoms with Crippen molar-refractivity contribution in [3.8, 4) is 0 Å². The van der Waals surface area contributed by atoms with Crippen LogP contribution >= 0.6 is 10.0 Å². The molecule has 0 N–H and O–H groups in total. The van der Waals surface area contributed by atoms with Gasteiger partial charge in [-0.25, -0.2) is 10.0 Å². The molecule has 0 spiro atoms. The van der Waals surface area contributed by atoms with E-state index in [0.29, 0.717) is 0 Å². The van der Waals surface area contributed by atoms with Crippen molar-refractivity contribution >= 4 is 10.0 Å². The van der Waals surface area contributed by atoms with Gasteiger partial charge in [-0.1, -0.05) is 49.8 Å². The summed E-state index contributed by atoms with van der Waals surface area (Å²) in [5.41, 5.74) is 4.26. The highest BCUT2D eigenvalue weighted by Crippen LogP contribution is 2.49. The lowest BCUT2D eigenvalue weighted by Gasteiger charge is -2.31. The third-order valence-electron chi connectivity index (χ3n) is 4.10. The van der Waals surface area contributed by atoms with Crippen LogP contribution in [0.4, 0.5) is 0 Å². The summed E-state index contributed by atoms with van der Waals surface area (Å²) in [6, 6.07) is 0. The van der Waals surface area contributed by atoms with E-state index >= 15 is 0 Å². The van der Waals surface area contributed by atoms with E-state index in [-0.39, 0.29) is 0 Å². The van der Waals surface area contributed by atoms with Crippen LogP contribution in [0.1, 0.15) is 40.5 Å². The Kier molecular flexibility index (Phi) is 6.61. The van der Waals surface area contributed by atoms with E-state index in [9.17, 15) is 0 Å². The minimum atomic E-state index is -0.673. The SMILES string of the molecule is CC=C(C=C1C=CCC=CC1=C(C)CC)S(C)(C)CC. The first kappa shape index (κ1) is 17.1. The summed E-state index contributed by atoms with van der Waals surface area (Å²) in [5, 5.41) is 0. The Bertz CT molecular complexity index is 482. The zero-order chi connectivity index (χ0) is 15.2. The van der Waals surface area contributed by atoms with Gasteiger partial charge in [-0.15, -0.1) is 0 Å². The first-order valence-corrected chi connectivity index (χ1v) is 10.2. The van der Waals surface area contributed by atoms with Crippen LogP contribution in [0.2, 0.25) is 0 Å². The molecule has 0 nitrogen and oxygen atoms in total. The Hall–Kier alpha value is -0.950. The van der Waals surface area contributed by atoms with Crippen LogP contribution in [-0.2, 0) is 0 Å². The minimum absolute atomic E-state index is 0.673. The van der Waals surface area contributed by atoms with E-state index in [2.05, 4.69) is 76.7 Å². The van der Waals surface area contributed by atoms with E-state index < -0.39 is 10.0 Å². The summed E-state index contributed by atoms with van der Waals surface area (Å²) in [4.78, 5) is 1.51. The molecule has 1 aliphatic carbocycles. The van der Waals surface area contributed by atoms with E-state index in [0.717, 1.165) is 12.8 Å². The maximum atomic E-state index is 2.42. The van der Waals surface area contributed by atoms with Crippen molar-refractivity contribution in [2.45, 2.75) is 40.5 Å². The molecule has 1 rings (SSSR count). The fraction of sp³-hybridized carbons (Fsp3) is 0.474. The van der Waals surface area contributed by atoms with Crippen molar-refractivity contribution in [3.05, 3.63) is 58.1 Å². The lowest BCUT2D eigenvalue weighted by molar-refractivity contribution is 1.08. The lowest BCUT2D eigenvalue weighted by Crippen LogP contribution is -2.01. The van der Waals surface area contributed by atoms with Gasteiger partial charge in [-0.3, -0.25) is 0 Å². The second-order valence-corrected chi connectivity index (χ2v) is 9.83. The summed E-state index contributed by atoms with van der Waals surface area (Å²) in [5.74, 6) is 1.24. The average molecular weight is 291 g/mol. The van der Waals surface area contributed by atoms with Gasteiger partial charge in [0.25, 0.3) is 0 Å². The Morgan fingerprint density at radius 2 is 1.85 bits per heavy atom. The molecule has 1 aliphatic rings. The molecule has 0 fully saturated rings. The molecule has 0 unspecified atom stereocenters. The summed E-state index contributed by atoms with van der Waals surface area (Å²) in [6.45, 7) is 8.96. The van der Waals surface area contributed by atoms with Gasteiger partial charge in [0.05, 0.1) is 0 Å². The fourth-order valence-corrected chi connectivity index (χ4v) is 3.65. The molecular weight excluding hydrogens is 260 g/mol. The van der Waals surface area contributed by atoms with Gasteiger partial charge in [0.2, 0.25) is 0 Å². The van der Waals surface area contributed by atoms with E-state index in [1.54, 1.807) is 0 Å². The highest BCUT2D eigenvalue weighted by Gasteiger charge is 2.14. The summed E-state index contributed by atoms with van der Waals surface area (Å²) >= 11 is 0. The molecule has 1 heteroatoms. The molecule has 0 saturated heterocycles. The third kappa shape index (κ3) is 4.28. The Labute approximate surface area is 127 Å². The van der Waals surface area contributed by atoms with Crippen LogP contribution in [0.3, 0.4) is 0 Å². The molecule has 112 valence electrons. The van der Waals surface area contributed by atoms with Gasteiger partial charge in [-0.05, 0) is 67.1 Å². The molecular formula is C19H30S. The summed E-state index contributed by atoms with van der Waals surface area (Å²) in [6.07, 6.45) is 20.8. The van der Waals surface area contributed by atoms with Gasteiger partial charge in [0.15, 0.2) is 0 Å². The van der Waals surface area contributed by atoms with Crippen LogP contribution in [0, 0.1) is 0 Å². The second kappa shape index (κ2) is 7.73. The first-order chi connectivity index (χ1) is 9.46. The highest BCUT2D eigenvalue weighted by molar-refractivity contribution is 8.35. The molecule has 0 heterocycles. The van der Waals surface area contributed by atoms with Gasteiger partial charge in [0.1, 0.15) is 0 Å². The van der Waals surface area contributed by atoms with Crippen molar-refractivity contribution in [1.29, 1.82) is 0 Å². The van der Waals surface area contributed by atoms with Crippen molar-refractivity contribution < 1.29 is 0 Å². The largest absolute Gasteiger partial charge is 0.221 e. The van der Waals surface area contributed by atoms with Crippen LogP contribution in [0.15, 0.2) is 58.1 Å².